The molecular formula is C36H67O10P. The average Bonchev–Trinajstić information content (AvgIpc) is 3.05. The highest BCUT2D eigenvalue weighted by atomic mass is 31.2. The van der Waals surface area contributed by atoms with Crippen molar-refractivity contribution in [2.24, 2.45) is 0 Å². The average molecular weight is 691 g/mol. The number of allylic oxidation sites excluding steroid dienone is 4. The maximum absolute atomic E-state index is 12.5. The van der Waals surface area contributed by atoms with Gasteiger partial charge in [0.15, 0.2) is 6.10 Å². The third-order valence-corrected chi connectivity index (χ3v) is 8.56. The molecule has 11 heteroatoms. The fraction of sp³-hybridized carbons (Fsp3) is 0.833. The number of ether oxygens (including phenoxy) is 2. The Labute approximate surface area is 285 Å². The Balaban J connectivity index is 4.38. The van der Waals surface area contributed by atoms with Crippen molar-refractivity contribution >= 4 is 19.8 Å². The summed E-state index contributed by atoms with van der Waals surface area (Å²) in [4.78, 5) is 34.6. The van der Waals surface area contributed by atoms with Crippen molar-refractivity contribution in [2.45, 2.75) is 167 Å². The molecule has 0 radical (unpaired) electrons. The van der Waals surface area contributed by atoms with Crippen LogP contribution in [-0.4, -0.2) is 65.7 Å². The molecule has 47 heavy (non-hydrogen) atoms. The Hall–Kier alpha value is -1.55. The zero-order valence-electron chi connectivity index (χ0n) is 29.5. The number of hydrogen-bond acceptors (Lipinski definition) is 9. The molecule has 0 spiro atoms. The molecule has 0 saturated carbocycles. The van der Waals surface area contributed by atoms with Gasteiger partial charge in [-0.15, -0.1) is 0 Å². The number of unbranched alkanes of at least 4 members (excludes halogenated alkanes) is 16. The lowest BCUT2D eigenvalue weighted by molar-refractivity contribution is -0.161. The van der Waals surface area contributed by atoms with Crippen molar-refractivity contribution in [2.75, 3.05) is 26.4 Å². The van der Waals surface area contributed by atoms with Crippen LogP contribution >= 0.6 is 7.82 Å². The van der Waals surface area contributed by atoms with Crippen LogP contribution in [0, 0.1) is 0 Å². The van der Waals surface area contributed by atoms with Gasteiger partial charge in [0.1, 0.15) is 12.7 Å². The van der Waals surface area contributed by atoms with E-state index >= 15 is 0 Å². The molecule has 0 aromatic carbocycles. The molecule has 0 aliphatic rings. The molecule has 3 unspecified atom stereocenters. The summed E-state index contributed by atoms with van der Waals surface area (Å²) < 4.78 is 32.4. The van der Waals surface area contributed by atoms with Gasteiger partial charge in [0, 0.05) is 12.8 Å². The summed E-state index contributed by atoms with van der Waals surface area (Å²) in [6.07, 6.45) is 28.8. The maximum atomic E-state index is 12.5. The molecule has 0 aromatic rings. The summed E-state index contributed by atoms with van der Waals surface area (Å²) in [6.45, 7) is 2.29. The van der Waals surface area contributed by atoms with E-state index in [4.69, 9.17) is 19.1 Å². The third-order valence-electron chi connectivity index (χ3n) is 7.61. The van der Waals surface area contributed by atoms with Crippen molar-refractivity contribution in [1.82, 2.24) is 0 Å². The molecule has 0 heterocycles. The van der Waals surface area contributed by atoms with Crippen molar-refractivity contribution in [3.05, 3.63) is 24.3 Å². The van der Waals surface area contributed by atoms with Gasteiger partial charge in [-0.1, -0.05) is 122 Å². The minimum atomic E-state index is -4.61. The summed E-state index contributed by atoms with van der Waals surface area (Å²) in [6, 6.07) is 0. The van der Waals surface area contributed by atoms with Gasteiger partial charge in [0.05, 0.1) is 19.8 Å². The predicted molar refractivity (Wildman–Crippen MR) is 187 cm³/mol. The largest absolute Gasteiger partial charge is 0.472 e. The van der Waals surface area contributed by atoms with Crippen LogP contribution in [0.4, 0.5) is 0 Å². The van der Waals surface area contributed by atoms with E-state index in [9.17, 15) is 24.2 Å². The second-order valence-electron chi connectivity index (χ2n) is 12.3. The Bertz CT molecular complexity index is 848. The summed E-state index contributed by atoms with van der Waals surface area (Å²) in [7, 11) is -4.61. The van der Waals surface area contributed by atoms with E-state index in [1.54, 1.807) is 0 Å². The number of hydrogen-bond donors (Lipinski definition) is 3. The quantitative estimate of drug-likeness (QED) is 0.0259. The molecule has 0 aromatic heterocycles. The summed E-state index contributed by atoms with van der Waals surface area (Å²) in [5.74, 6) is -0.945. The molecule has 0 aliphatic heterocycles. The fourth-order valence-corrected chi connectivity index (χ4v) is 5.52. The number of carbonyl (C=O) groups excluding carboxylic acids is 2. The summed E-state index contributed by atoms with van der Waals surface area (Å²) in [5, 5.41) is 18.2. The predicted octanol–water partition coefficient (Wildman–Crippen LogP) is 8.66. The minimum absolute atomic E-state index is 0.170. The van der Waals surface area contributed by atoms with Crippen molar-refractivity contribution in [3.63, 3.8) is 0 Å². The van der Waals surface area contributed by atoms with E-state index in [1.807, 2.05) is 0 Å². The molecule has 3 atom stereocenters. The Morgan fingerprint density at radius 3 is 1.66 bits per heavy atom. The van der Waals surface area contributed by atoms with Gasteiger partial charge in [-0.2, -0.15) is 0 Å². The molecule has 10 nitrogen and oxygen atoms in total. The summed E-state index contributed by atoms with van der Waals surface area (Å²) >= 11 is 0. The molecule has 0 saturated heterocycles. The highest BCUT2D eigenvalue weighted by Gasteiger charge is 2.27. The smallest absolute Gasteiger partial charge is 0.462 e. The standard InChI is InChI=1S/C36H67O10P/c1-3-5-7-9-11-13-14-15-16-17-18-19-20-22-24-26-28-36(40)46-34(32-45-47(41,42)44-30-33(38)29-37)31-43-35(39)27-25-23-21-12-10-8-6-4-2/h13-14,16-17,33-34,37-38H,3-12,15,18-32H2,1-2H3,(H,41,42)/b14-13-,17-16-. The minimum Gasteiger partial charge on any atom is -0.462 e. The molecule has 0 amide bonds. The van der Waals surface area contributed by atoms with E-state index in [2.05, 4.69) is 42.7 Å². The highest BCUT2D eigenvalue weighted by molar-refractivity contribution is 7.47. The van der Waals surface area contributed by atoms with Crippen molar-refractivity contribution in [1.29, 1.82) is 0 Å². The normalized spacial score (nSPS) is 14.4. The van der Waals surface area contributed by atoms with E-state index in [-0.39, 0.29) is 19.4 Å². The van der Waals surface area contributed by atoms with Gasteiger partial charge >= 0.3 is 19.8 Å². The lowest BCUT2D eigenvalue weighted by Gasteiger charge is -2.20. The first-order valence-electron chi connectivity index (χ1n) is 18.3. The number of rotatable bonds is 34. The first-order valence-corrected chi connectivity index (χ1v) is 19.8. The number of aliphatic hydroxyl groups is 2. The van der Waals surface area contributed by atoms with E-state index in [0.29, 0.717) is 12.8 Å². The van der Waals surface area contributed by atoms with Gasteiger partial charge in [-0.05, 0) is 44.9 Å². The number of carbonyl (C=O) groups is 2. The van der Waals surface area contributed by atoms with Crippen LogP contribution in [0.2, 0.25) is 0 Å². The molecule has 0 bridgehead atoms. The molecular weight excluding hydrogens is 623 g/mol. The second-order valence-corrected chi connectivity index (χ2v) is 13.7. The SMILES string of the molecule is CCCCCC/C=C\C/C=C\CCCCCCCC(=O)OC(COC(=O)CCCCCCCCCC)COP(=O)(O)OCC(O)CO. The van der Waals surface area contributed by atoms with Crippen molar-refractivity contribution in [3.8, 4) is 0 Å². The number of aliphatic hydroxyl groups excluding tert-OH is 2. The molecule has 0 rings (SSSR count). The highest BCUT2D eigenvalue weighted by Crippen LogP contribution is 2.43. The van der Waals surface area contributed by atoms with E-state index < -0.39 is 51.8 Å². The molecule has 3 N–H and O–H groups in total. The lowest BCUT2D eigenvalue weighted by atomic mass is 10.1. The Kier molecular flexibility index (Phi) is 31.9. The van der Waals surface area contributed by atoms with Crippen LogP contribution in [0.25, 0.3) is 0 Å². The van der Waals surface area contributed by atoms with Crippen LogP contribution in [0.15, 0.2) is 24.3 Å². The van der Waals surface area contributed by atoms with E-state index in [1.165, 1.54) is 57.8 Å². The first-order chi connectivity index (χ1) is 22.7. The van der Waals surface area contributed by atoms with Crippen LogP contribution in [-0.2, 0) is 32.7 Å². The Morgan fingerprint density at radius 1 is 0.638 bits per heavy atom. The third kappa shape index (κ3) is 32.8. The number of phosphoric acid groups is 1. The first kappa shape index (κ1) is 45.5. The van der Waals surface area contributed by atoms with Crippen LogP contribution in [0.3, 0.4) is 0 Å². The lowest BCUT2D eigenvalue weighted by Crippen LogP contribution is -2.29. The fourth-order valence-electron chi connectivity index (χ4n) is 4.73. The zero-order valence-corrected chi connectivity index (χ0v) is 30.4. The van der Waals surface area contributed by atoms with Crippen molar-refractivity contribution < 1.29 is 47.8 Å². The topological polar surface area (TPSA) is 149 Å². The van der Waals surface area contributed by atoms with Gasteiger partial charge in [-0.3, -0.25) is 18.6 Å². The van der Waals surface area contributed by atoms with Gasteiger partial charge in [-0.25, -0.2) is 4.57 Å². The van der Waals surface area contributed by atoms with Crippen LogP contribution in [0.5, 0.6) is 0 Å². The number of esters is 2. The molecule has 0 aliphatic carbocycles. The number of phosphoric ester groups is 1. The zero-order chi connectivity index (χ0) is 34.9. The van der Waals surface area contributed by atoms with Gasteiger partial charge in [0.25, 0.3) is 0 Å². The second kappa shape index (κ2) is 33.0. The van der Waals surface area contributed by atoms with E-state index in [0.717, 1.165) is 57.8 Å². The molecule has 276 valence electrons. The van der Waals surface area contributed by atoms with Gasteiger partial charge < -0.3 is 24.6 Å². The molecule has 0 fully saturated rings. The maximum Gasteiger partial charge on any atom is 0.472 e. The van der Waals surface area contributed by atoms with Crippen LogP contribution < -0.4 is 0 Å². The van der Waals surface area contributed by atoms with Gasteiger partial charge in [0.2, 0.25) is 0 Å². The Morgan fingerprint density at radius 2 is 1.11 bits per heavy atom. The summed E-state index contributed by atoms with van der Waals surface area (Å²) in [5.41, 5.74) is 0. The monoisotopic (exact) mass is 690 g/mol. The van der Waals surface area contributed by atoms with Crippen LogP contribution in [0.1, 0.15) is 155 Å².